The van der Waals surface area contributed by atoms with Crippen molar-refractivity contribution in [3.63, 3.8) is 0 Å². The number of hydrogen-bond acceptors (Lipinski definition) is 2. The van der Waals surface area contributed by atoms with Gasteiger partial charge in [0.25, 0.3) is 0 Å². The normalized spacial score (nSPS) is 12.5. The Bertz CT molecular complexity index is 374. The van der Waals surface area contributed by atoms with E-state index in [4.69, 9.17) is 9.69 Å². The molecule has 3 heteroatoms. The van der Waals surface area contributed by atoms with Crippen LogP contribution >= 0.6 is 0 Å². The maximum absolute atomic E-state index is 8.90. The molecule has 108 valence electrons. The Balaban J connectivity index is 3.94. The maximum Gasteiger partial charge on any atom is 0.193 e. The van der Waals surface area contributed by atoms with Gasteiger partial charge in [0.05, 0.1) is 18.1 Å². The predicted molar refractivity (Wildman–Crippen MR) is 84.2 cm³/mol. The van der Waals surface area contributed by atoms with Gasteiger partial charge in [0.15, 0.2) is 8.32 Å². The van der Waals surface area contributed by atoms with Crippen molar-refractivity contribution in [3.05, 3.63) is 0 Å². The molecule has 0 saturated carbocycles. The van der Waals surface area contributed by atoms with E-state index in [1.165, 1.54) is 0 Å². The Morgan fingerprint density at radius 2 is 1.63 bits per heavy atom. The minimum atomic E-state index is -1.65. The van der Waals surface area contributed by atoms with E-state index in [-0.39, 0.29) is 10.5 Å². The Morgan fingerprint density at radius 1 is 1.05 bits per heavy atom. The van der Waals surface area contributed by atoms with Crippen LogP contribution in [0.5, 0.6) is 0 Å². The third-order valence-electron chi connectivity index (χ3n) is 3.84. The second-order valence-electron chi connectivity index (χ2n) is 7.25. The van der Waals surface area contributed by atoms with Gasteiger partial charge in [-0.3, -0.25) is 0 Å². The molecule has 0 aromatic carbocycles. The first-order valence-corrected chi connectivity index (χ1v) is 9.94. The number of unbranched alkanes of at least 4 members (excludes halogenated alkanes) is 1. The molecule has 0 aliphatic carbocycles. The first kappa shape index (κ1) is 18.2. The Morgan fingerprint density at radius 3 is 2.11 bits per heavy atom. The van der Waals surface area contributed by atoms with E-state index in [0.29, 0.717) is 6.61 Å². The molecule has 0 aromatic heterocycles. The summed E-state index contributed by atoms with van der Waals surface area (Å²) < 4.78 is 5.98. The van der Waals surface area contributed by atoms with Crippen molar-refractivity contribution < 1.29 is 4.43 Å². The van der Waals surface area contributed by atoms with Crippen molar-refractivity contribution in [2.75, 3.05) is 6.61 Å². The van der Waals surface area contributed by atoms with E-state index in [0.717, 1.165) is 19.3 Å². The van der Waals surface area contributed by atoms with Gasteiger partial charge in [-0.2, -0.15) is 5.26 Å². The average Bonchev–Trinajstić information content (AvgIpc) is 2.26. The number of nitriles is 1. The zero-order valence-corrected chi connectivity index (χ0v) is 14.7. The Kier molecular flexibility index (Phi) is 6.84. The van der Waals surface area contributed by atoms with Gasteiger partial charge in [0.2, 0.25) is 0 Å². The molecule has 0 atom stereocenters. The van der Waals surface area contributed by atoms with Crippen molar-refractivity contribution in [2.24, 2.45) is 5.41 Å². The van der Waals surface area contributed by atoms with Crippen LogP contribution < -0.4 is 0 Å². The summed E-state index contributed by atoms with van der Waals surface area (Å²) in [6.07, 6.45) is 2.74. The van der Waals surface area contributed by atoms with Gasteiger partial charge in [0.1, 0.15) is 0 Å². The molecular weight excluding hydrogens is 250 g/mol. The minimum absolute atomic E-state index is 0.223. The summed E-state index contributed by atoms with van der Waals surface area (Å²) in [7, 11) is -1.65. The van der Waals surface area contributed by atoms with Crippen LogP contribution in [0.25, 0.3) is 0 Å². The molecule has 0 fully saturated rings. The lowest BCUT2D eigenvalue weighted by molar-refractivity contribution is 0.334. The highest BCUT2D eigenvalue weighted by atomic mass is 28.4. The van der Waals surface area contributed by atoms with Crippen molar-refractivity contribution in [2.45, 2.75) is 72.0 Å². The second-order valence-corrected chi connectivity index (χ2v) is 12.1. The van der Waals surface area contributed by atoms with Crippen LogP contribution in [-0.4, -0.2) is 14.9 Å². The zero-order chi connectivity index (χ0) is 15.2. The van der Waals surface area contributed by atoms with Gasteiger partial charge in [-0.05, 0) is 44.8 Å². The van der Waals surface area contributed by atoms with Crippen LogP contribution in [-0.2, 0) is 4.43 Å². The van der Waals surface area contributed by atoms with Crippen LogP contribution in [0.15, 0.2) is 0 Å². The largest absolute Gasteiger partial charge is 0.406 e. The summed E-state index contributed by atoms with van der Waals surface area (Å²) in [5.41, 5.74) is -0.223. The number of nitrogens with zero attached hydrogens (tertiary/aromatic N) is 1. The molecule has 0 radical (unpaired) electrons. The highest BCUT2D eigenvalue weighted by Gasteiger charge is 2.36. The monoisotopic (exact) mass is 279 g/mol. The third kappa shape index (κ3) is 7.40. The summed E-state index contributed by atoms with van der Waals surface area (Å²) in [5, 5.41) is 9.14. The molecule has 0 aliphatic heterocycles. The van der Waals surface area contributed by atoms with Gasteiger partial charge >= 0.3 is 0 Å². The summed E-state index contributed by atoms with van der Waals surface area (Å²) in [4.78, 5) is 0. The molecule has 0 amide bonds. The van der Waals surface area contributed by atoms with E-state index < -0.39 is 8.32 Å². The fourth-order valence-electron chi connectivity index (χ4n) is 1.25. The Labute approximate surface area is 120 Å². The van der Waals surface area contributed by atoms with E-state index in [1.54, 1.807) is 0 Å². The fraction of sp³-hybridized carbons (Fsp3) is 0.812. The topological polar surface area (TPSA) is 33.0 Å². The summed E-state index contributed by atoms with van der Waals surface area (Å²) in [6, 6.07) is 2.31. The van der Waals surface area contributed by atoms with Gasteiger partial charge in [-0.1, -0.05) is 26.7 Å². The molecular formula is C16H29NOSi. The fourth-order valence-corrected chi connectivity index (χ4v) is 2.11. The standard InChI is InChI=1S/C16H29NOSi/c1-15(2,3)19(6,7)18-13-11-9-8-10-12-16(4,5)14-17/h8,10,12-13H2,1-7H3. The number of hydrogen-bond donors (Lipinski definition) is 0. The molecule has 0 rings (SSSR count). The summed E-state index contributed by atoms with van der Waals surface area (Å²) in [5.74, 6) is 6.24. The summed E-state index contributed by atoms with van der Waals surface area (Å²) in [6.45, 7) is 15.7. The average molecular weight is 280 g/mol. The first-order chi connectivity index (χ1) is 8.52. The molecule has 0 aliphatic rings. The predicted octanol–water partition coefficient (Wildman–Crippen LogP) is 4.73. The highest BCUT2D eigenvalue weighted by molar-refractivity contribution is 6.74. The minimum Gasteiger partial charge on any atom is -0.406 e. The SMILES string of the molecule is CC(C)(C#N)CCCC#CCO[Si](C)(C)C(C)(C)C. The smallest absolute Gasteiger partial charge is 0.193 e. The van der Waals surface area contributed by atoms with Crippen LogP contribution in [0.4, 0.5) is 0 Å². The van der Waals surface area contributed by atoms with Crippen molar-refractivity contribution >= 4 is 8.32 Å². The van der Waals surface area contributed by atoms with E-state index in [9.17, 15) is 0 Å². The second kappa shape index (κ2) is 7.13. The maximum atomic E-state index is 8.90. The molecule has 0 spiro atoms. The van der Waals surface area contributed by atoms with Crippen molar-refractivity contribution in [1.29, 1.82) is 5.26 Å². The zero-order valence-electron chi connectivity index (χ0n) is 13.7. The lowest BCUT2D eigenvalue weighted by Gasteiger charge is -2.35. The van der Waals surface area contributed by atoms with Crippen molar-refractivity contribution in [3.8, 4) is 17.9 Å². The van der Waals surface area contributed by atoms with Crippen LogP contribution in [0.1, 0.15) is 53.9 Å². The summed E-state index contributed by atoms with van der Waals surface area (Å²) >= 11 is 0. The molecule has 0 unspecified atom stereocenters. The van der Waals surface area contributed by atoms with Gasteiger partial charge in [0, 0.05) is 6.42 Å². The molecule has 2 nitrogen and oxygen atoms in total. The lowest BCUT2D eigenvalue weighted by Crippen LogP contribution is -2.40. The van der Waals surface area contributed by atoms with Crippen LogP contribution in [0.3, 0.4) is 0 Å². The molecule has 19 heavy (non-hydrogen) atoms. The molecule has 0 heterocycles. The lowest BCUT2D eigenvalue weighted by atomic mass is 9.89. The third-order valence-corrected chi connectivity index (χ3v) is 8.32. The molecule has 0 saturated heterocycles. The Hall–Kier alpha value is -0.773. The quantitative estimate of drug-likeness (QED) is 0.414. The molecule has 0 bridgehead atoms. The van der Waals surface area contributed by atoms with Crippen molar-refractivity contribution in [1.82, 2.24) is 0 Å². The van der Waals surface area contributed by atoms with Crippen LogP contribution in [0.2, 0.25) is 18.1 Å². The number of rotatable bonds is 5. The van der Waals surface area contributed by atoms with E-state index in [2.05, 4.69) is 51.8 Å². The van der Waals surface area contributed by atoms with Crippen LogP contribution in [0, 0.1) is 28.6 Å². The van der Waals surface area contributed by atoms with E-state index >= 15 is 0 Å². The van der Waals surface area contributed by atoms with Gasteiger partial charge in [-0.15, -0.1) is 5.92 Å². The van der Waals surface area contributed by atoms with E-state index in [1.807, 2.05) is 13.8 Å². The molecule has 0 aromatic rings. The first-order valence-electron chi connectivity index (χ1n) is 7.03. The van der Waals surface area contributed by atoms with Gasteiger partial charge in [-0.25, -0.2) is 0 Å². The van der Waals surface area contributed by atoms with Gasteiger partial charge < -0.3 is 4.43 Å². The highest BCUT2D eigenvalue weighted by Crippen LogP contribution is 2.36. The molecule has 0 N–H and O–H groups in total.